The molecule has 6 nitrogen and oxygen atoms in total. The number of hydrogen-bond acceptors (Lipinski definition) is 2. The summed E-state index contributed by atoms with van der Waals surface area (Å²) >= 11 is 0. The Morgan fingerprint density at radius 3 is 0.846 bits per heavy atom. The molecule has 0 saturated carbocycles. The van der Waals surface area contributed by atoms with Gasteiger partial charge in [0.2, 0.25) is 0 Å². The molecule has 0 unspecified atom stereocenters. The Labute approximate surface area is 319 Å². The molecule has 300 valence electrons. The zero-order valence-corrected chi connectivity index (χ0v) is 35.6. The lowest BCUT2D eigenvalue weighted by molar-refractivity contribution is 0.296. The second-order valence-electron chi connectivity index (χ2n) is 16.0. The summed E-state index contributed by atoms with van der Waals surface area (Å²) in [4.78, 5) is 44.4. The lowest BCUT2D eigenvalue weighted by Gasteiger charge is -2.36. The summed E-state index contributed by atoms with van der Waals surface area (Å²) < 4.78 is 27.2. The maximum absolute atomic E-state index is 13.6. The van der Waals surface area contributed by atoms with Crippen molar-refractivity contribution in [2.45, 2.75) is 218 Å². The van der Waals surface area contributed by atoms with Crippen molar-refractivity contribution < 1.29 is 28.7 Å². The average molecular weight is 765 g/mol. The summed E-state index contributed by atoms with van der Waals surface area (Å²) in [6.07, 6.45) is 27.2. The maximum atomic E-state index is 13.6. The van der Waals surface area contributed by atoms with Gasteiger partial charge in [0.15, 0.2) is 0 Å². The third kappa shape index (κ3) is 14.9. The molecule has 0 aliphatic carbocycles. The highest BCUT2D eigenvalue weighted by Crippen LogP contribution is 2.64. The zero-order valence-electron chi connectivity index (χ0n) is 33.8. The van der Waals surface area contributed by atoms with Crippen molar-refractivity contribution in [1.29, 1.82) is 0 Å². The summed E-state index contributed by atoms with van der Waals surface area (Å²) in [6, 6.07) is 11.6. The van der Waals surface area contributed by atoms with Gasteiger partial charge in [0.25, 0.3) is 0 Å². The minimum atomic E-state index is -4.54. The van der Waals surface area contributed by atoms with Gasteiger partial charge in [0, 0.05) is 0 Å². The van der Waals surface area contributed by atoms with Gasteiger partial charge in [-0.3, -0.25) is 9.13 Å². The van der Waals surface area contributed by atoms with E-state index in [1.165, 1.54) is 25.7 Å². The number of hydrogen-bond donors (Lipinski definition) is 4. The van der Waals surface area contributed by atoms with Crippen molar-refractivity contribution in [3.05, 3.63) is 47.5 Å². The van der Waals surface area contributed by atoms with Crippen LogP contribution >= 0.6 is 15.2 Å². The molecule has 0 heterocycles. The molecular weight excluding hydrogens is 686 g/mol. The lowest BCUT2D eigenvalue weighted by atomic mass is 9.84. The summed E-state index contributed by atoms with van der Waals surface area (Å²) in [6.45, 7) is 8.78. The van der Waals surface area contributed by atoms with Crippen molar-refractivity contribution >= 4 is 26.0 Å². The Morgan fingerprint density at radius 2 is 0.615 bits per heavy atom. The van der Waals surface area contributed by atoms with Crippen LogP contribution in [0.15, 0.2) is 36.4 Å². The van der Waals surface area contributed by atoms with E-state index in [2.05, 4.69) is 27.7 Å². The van der Waals surface area contributed by atoms with Crippen LogP contribution in [0.2, 0.25) is 0 Å². The first-order chi connectivity index (χ1) is 24.9. The molecule has 2 aromatic carbocycles. The first-order valence-electron chi connectivity index (χ1n) is 21.6. The first kappa shape index (κ1) is 47.2. The monoisotopic (exact) mass is 765 g/mol. The van der Waals surface area contributed by atoms with Gasteiger partial charge in [-0.2, -0.15) is 0 Å². The summed E-state index contributed by atoms with van der Waals surface area (Å²) in [5.74, 6) is 0. The molecule has 0 aliphatic rings. The molecule has 4 N–H and O–H groups in total. The Hall–Kier alpha value is -1.00. The van der Waals surface area contributed by atoms with Crippen molar-refractivity contribution in [3.8, 4) is 0 Å². The highest BCUT2D eigenvalue weighted by atomic mass is 31.2. The molecule has 0 bridgehead atoms. The van der Waals surface area contributed by atoms with Crippen LogP contribution in [0, 0.1) is 0 Å². The SMILES string of the molecule is CCCCCCCCC(CCCCCCCC)(c1ccc2cc(C(CCCCCCCC)(CCCCCCCC)P(=O)(O)O)ccc2c1)P(=O)(O)O. The van der Waals surface area contributed by atoms with E-state index in [0.29, 0.717) is 36.8 Å². The number of rotatable bonds is 32. The predicted octanol–water partition coefficient (Wildman–Crippen LogP) is 14.6. The first-order valence-corrected chi connectivity index (χ1v) is 24.8. The van der Waals surface area contributed by atoms with Crippen molar-refractivity contribution in [2.75, 3.05) is 0 Å². The van der Waals surface area contributed by atoms with E-state index in [0.717, 1.165) is 139 Å². The van der Waals surface area contributed by atoms with Crippen LogP contribution in [0.5, 0.6) is 0 Å². The smallest absolute Gasteiger partial charge is 0.324 e. The fourth-order valence-corrected chi connectivity index (χ4v) is 11.1. The average Bonchev–Trinajstić information content (AvgIpc) is 3.10. The standard InChI is InChI=1S/C44H78O6P2/c1-5-9-13-17-21-25-33-43(51(45,46)47,34-26-22-18-14-10-6-2)41-31-29-40-38-42(32-30-39(40)37-41)44(52(48,49)50,35-27-23-19-15-11-7-3)36-28-24-20-16-12-8-4/h29-32,37-38H,5-28,33-36H2,1-4H3,(H2,45,46,47)(H2,48,49,50). The van der Waals surface area contributed by atoms with E-state index in [9.17, 15) is 28.7 Å². The summed E-state index contributed by atoms with van der Waals surface area (Å²) in [7, 11) is -9.07. The third-order valence-corrected chi connectivity index (χ3v) is 15.4. The van der Waals surface area contributed by atoms with E-state index < -0.39 is 25.5 Å². The van der Waals surface area contributed by atoms with Gasteiger partial charge in [0.05, 0.1) is 10.3 Å². The van der Waals surface area contributed by atoms with E-state index in [4.69, 9.17) is 0 Å². The molecule has 2 aromatic rings. The molecule has 8 heteroatoms. The second kappa shape index (κ2) is 25.2. The lowest BCUT2D eigenvalue weighted by Crippen LogP contribution is -2.27. The maximum Gasteiger partial charge on any atom is 0.335 e. The topological polar surface area (TPSA) is 115 Å². The molecule has 0 aliphatic heterocycles. The van der Waals surface area contributed by atoms with Crippen LogP contribution < -0.4 is 0 Å². The molecule has 0 amide bonds. The van der Waals surface area contributed by atoms with Crippen LogP contribution in [-0.2, 0) is 19.4 Å². The molecule has 0 fully saturated rings. The van der Waals surface area contributed by atoms with E-state index in [1.807, 2.05) is 36.4 Å². The van der Waals surface area contributed by atoms with Crippen LogP contribution in [0.3, 0.4) is 0 Å². The van der Waals surface area contributed by atoms with Gasteiger partial charge in [-0.05, 0) is 59.7 Å². The predicted molar refractivity (Wildman–Crippen MR) is 223 cm³/mol. The van der Waals surface area contributed by atoms with Gasteiger partial charge in [-0.25, -0.2) is 0 Å². The Bertz CT molecular complexity index is 1200. The molecule has 0 spiro atoms. The second-order valence-corrected chi connectivity index (χ2v) is 19.9. The Balaban J connectivity index is 2.51. The fourth-order valence-electron chi connectivity index (χ4n) is 8.36. The fraction of sp³-hybridized carbons (Fsp3) is 0.773. The number of fused-ring (bicyclic) bond motifs is 1. The van der Waals surface area contributed by atoms with Gasteiger partial charge >= 0.3 is 15.2 Å². The van der Waals surface area contributed by atoms with Crippen molar-refractivity contribution in [3.63, 3.8) is 0 Å². The van der Waals surface area contributed by atoms with Gasteiger partial charge < -0.3 is 19.6 Å². The minimum absolute atomic E-state index is 0.458. The molecule has 0 radical (unpaired) electrons. The van der Waals surface area contributed by atoms with Gasteiger partial charge in [-0.1, -0.05) is 206 Å². The van der Waals surface area contributed by atoms with Crippen LogP contribution in [0.4, 0.5) is 0 Å². The van der Waals surface area contributed by atoms with E-state index >= 15 is 0 Å². The zero-order chi connectivity index (χ0) is 38.4. The van der Waals surface area contributed by atoms with Crippen molar-refractivity contribution in [1.82, 2.24) is 0 Å². The molecule has 52 heavy (non-hydrogen) atoms. The highest BCUT2D eigenvalue weighted by molar-refractivity contribution is 7.53. The minimum Gasteiger partial charge on any atom is -0.324 e. The largest absolute Gasteiger partial charge is 0.335 e. The molecule has 2 rings (SSSR count). The third-order valence-electron chi connectivity index (χ3n) is 11.8. The Morgan fingerprint density at radius 1 is 0.385 bits per heavy atom. The molecule has 0 atom stereocenters. The van der Waals surface area contributed by atoms with Crippen LogP contribution in [-0.4, -0.2) is 19.6 Å². The number of unbranched alkanes of at least 4 members (excludes halogenated alkanes) is 20. The van der Waals surface area contributed by atoms with Crippen LogP contribution in [0.25, 0.3) is 10.8 Å². The Kier molecular flexibility index (Phi) is 22.9. The quantitative estimate of drug-likeness (QED) is 0.0435. The van der Waals surface area contributed by atoms with Crippen LogP contribution in [0.1, 0.15) is 219 Å². The van der Waals surface area contributed by atoms with Gasteiger partial charge in [0.1, 0.15) is 0 Å². The number of benzene rings is 2. The van der Waals surface area contributed by atoms with Gasteiger partial charge in [-0.15, -0.1) is 0 Å². The van der Waals surface area contributed by atoms with E-state index in [1.54, 1.807) is 0 Å². The van der Waals surface area contributed by atoms with Crippen molar-refractivity contribution in [2.24, 2.45) is 0 Å². The summed E-state index contributed by atoms with van der Waals surface area (Å²) in [5, 5.41) is -0.742. The highest BCUT2D eigenvalue weighted by Gasteiger charge is 2.48. The normalized spacial score (nSPS) is 13.0. The molecule has 0 aromatic heterocycles. The molecule has 0 saturated heterocycles. The molecular formula is C44H78O6P2. The van der Waals surface area contributed by atoms with E-state index in [-0.39, 0.29) is 0 Å². The summed E-state index contributed by atoms with van der Waals surface area (Å²) in [5.41, 5.74) is 1.40.